The van der Waals surface area contributed by atoms with Crippen LogP contribution in [0.25, 0.3) is 0 Å². The lowest BCUT2D eigenvalue weighted by Gasteiger charge is -2.10. The molecule has 2 rings (SSSR count). The van der Waals surface area contributed by atoms with Crippen molar-refractivity contribution in [3.05, 3.63) is 24.0 Å². The number of carbonyl (C=O) groups is 1. The van der Waals surface area contributed by atoms with Crippen LogP contribution in [0.15, 0.2) is 18.5 Å². The molecule has 1 aromatic rings. The third kappa shape index (κ3) is 1.97. The second-order valence-electron chi connectivity index (χ2n) is 4.02. The third-order valence-electron chi connectivity index (χ3n) is 2.78. The van der Waals surface area contributed by atoms with Crippen LogP contribution in [0.4, 0.5) is 0 Å². The largest absolute Gasteiger partial charge is 0.356 e. The molecule has 1 fully saturated rings. The standard InChI is InChI=1S/C11H16N2O/c1-13-7-6-9(8-13)11(14)12-10-4-2-3-5-10/h6-8,10H,2-5H2,1H3,(H,12,14). The first kappa shape index (κ1) is 9.31. The lowest BCUT2D eigenvalue weighted by Crippen LogP contribution is -2.32. The molecule has 14 heavy (non-hydrogen) atoms. The zero-order valence-corrected chi connectivity index (χ0v) is 8.49. The lowest BCUT2D eigenvalue weighted by atomic mass is 10.2. The van der Waals surface area contributed by atoms with Crippen molar-refractivity contribution in [1.29, 1.82) is 0 Å². The van der Waals surface area contributed by atoms with Gasteiger partial charge in [0.2, 0.25) is 0 Å². The number of nitrogens with one attached hydrogen (secondary N) is 1. The zero-order valence-electron chi connectivity index (χ0n) is 8.49. The molecule has 3 heteroatoms. The molecule has 3 nitrogen and oxygen atoms in total. The third-order valence-corrected chi connectivity index (χ3v) is 2.78. The molecule has 76 valence electrons. The normalized spacial score (nSPS) is 17.2. The topological polar surface area (TPSA) is 34.0 Å². The molecule has 1 amide bonds. The molecule has 0 radical (unpaired) electrons. The van der Waals surface area contributed by atoms with Crippen molar-refractivity contribution >= 4 is 5.91 Å². The van der Waals surface area contributed by atoms with Crippen molar-refractivity contribution in [2.45, 2.75) is 31.7 Å². The summed E-state index contributed by atoms with van der Waals surface area (Å²) in [4.78, 5) is 11.7. The maximum absolute atomic E-state index is 11.7. The van der Waals surface area contributed by atoms with Gasteiger partial charge in [-0.2, -0.15) is 0 Å². The first-order valence-electron chi connectivity index (χ1n) is 5.18. The van der Waals surface area contributed by atoms with Crippen LogP contribution < -0.4 is 5.32 Å². The average molecular weight is 192 g/mol. The molecule has 0 atom stereocenters. The van der Waals surface area contributed by atoms with Crippen LogP contribution in [0.5, 0.6) is 0 Å². The number of carbonyl (C=O) groups excluding carboxylic acids is 1. The van der Waals surface area contributed by atoms with E-state index >= 15 is 0 Å². The average Bonchev–Trinajstić information content (AvgIpc) is 2.75. The smallest absolute Gasteiger partial charge is 0.253 e. The maximum atomic E-state index is 11.7. The molecule has 1 aliphatic rings. The van der Waals surface area contributed by atoms with Gasteiger partial charge >= 0.3 is 0 Å². The summed E-state index contributed by atoms with van der Waals surface area (Å²) < 4.78 is 1.89. The minimum absolute atomic E-state index is 0.0671. The van der Waals surface area contributed by atoms with E-state index in [1.807, 2.05) is 30.1 Å². The maximum Gasteiger partial charge on any atom is 0.253 e. The van der Waals surface area contributed by atoms with Crippen molar-refractivity contribution in [2.75, 3.05) is 0 Å². The van der Waals surface area contributed by atoms with Crippen LogP contribution in [0.3, 0.4) is 0 Å². The molecule has 1 heterocycles. The number of aryl methyl sites for hydroxylation is 1. The molecule has 0 saturated heterocycles. The number of hydrogen-bond acceptors (Lipinski definition) is 1. The van der Waals surface area contributed by atoms with E-state index in [1.165, 1.54) is 12.8 Å². The first-order chi connectivity index (χ1) is 6.75. The summed E-state index contributed by atoms with van der Waals surface area (Å²) >= 11 is 0. The van der Waals surface area contributed by atoms with E-state index in [0.717, 1.165) is 18.4 Å². The van der Waals surface area contributed by atoms with E-state index < -0.39 is 0 Å². The van der Waals surface area contributed by atoms with Crippen LogP contribution in [0, 0.1) is 0 Å². The highest BCUT2D eigenvalue weighted by Gasteiger charge is 2.17. The van der Waals surface area contributed by atoms with Gasteiger partial charge in [-0.3, -0.25) is 4.79 Å². The fourth-order valence-corrected chi connectivity index (χ4v) is 1.98. The molecule has 0 aliphatic heterocycles. The van der Waals surface area contributed by atoms with Gasteiger partial charge in [-0.1, -0.05) is 12.8 Å². The predicted molar refractivity (Wildman–Crippen MR) is 55.1 cm³/mol. The monoisotopic (exact) mass is 192 g/mol. The molecule has 0 spiro atoms. The van der Waals surface area contributed by atoms with Crippen molar-refractivity contribution < 1.29 is 4.79 Å². The Bertz CT molecular complexity index is 324. The van der Waals surface area contributed by atoms with Gasteiger partial charge in [0.1, 0.15) is 0 Å². The molecule has 0 bridgehead atoms. The molecule has 1 N–H and O–H groups in total. The minimum atomic E-state index is 0.0671. The molecule has 0 unspecified atom stereocenters. The van der Waals surface area contributed by atoms with Gasteiger partial charge in [-0.05, 0) is 18.9 Å². The van der Waals surface area contributed by atoms with Gasteiger partial charge in [-0.15, -0.1) is 0 Å². The van der Waals surface area contributed by atoms with Crippen LogP contribution in [0.1, 0.15) is 36.0 Å². The van der Waals surface area contributed by atoms with Crippen molar-refractivity contribution in [2.24, 2.45) is 7.05 Å². The molecular weight excluding hydrogens is 176 g/mol. The zero-order chi connectivity index (χ0) is 9.97. The first-order valence-corrected chi connectivity index (χ1v) is 5.18. The summed E-state index contributed by atoms with van der Waals surface area (Å²) in [5, 5.41) is 3.06. The van der Waals surface area contributed by atoms with Crippen LogP contribution in [0.2, 0.25) is 0 Å². The molecule has 0 aromatic carbocycles. The van der Waals surface area contributed by atoms with E-state index in [9.17, 15) is 4.79 Å². The summed E-state index contributed by atoms with van der Waals surface area (Å²) in [6.45, 7) is 0. The Morgan fingerprint density at radius 3 is 2.79 bits per heavy atom. The van der Waals surface area contributed by atoms with Crippen molar-refractivity contribution in [1.82, 2.24) is 9.88 Å². The summed E-state index contributed by atoms with van der Waals surface area (Å²) in [7, 11) is 1.92. The number of nitrogens with zero attached hydrogens (tertiary/aromatic N) is 1. The van der Waals surface area contributed by atoms with Gasteiger partial charge in [0.05, 0.1) is 5.56 Å². The Balaban J connectivity index is 1.95. The molecular formula is C11H16N2O. The Kier molecular flexibility index (Phi) is 2.57. The Morgan fingerprint density at radius 2 is 2.21 bits per heavy atom. The van der Waals surface area contributed by atoms with Crippen molar-refractivity contribution in [3.63, 3.8) is 0 Å². The van der Waals surface area contributed by atoms with Crippen LogP contribution in [-0.2, 0) is 7.05 Å². The van der Waals surface area contributed by atoms with Crippen LogP contribution in [-0.4, -0.2) is 16.5 Å². The SMILES string of the molecule is Cn1ccc(C(=O)NC2CCCC2)c1. The van der Waals surface area contributed by atoms with Gasteiger partial charge in [0, 0.05) is 25.5 Å². The highest BCUT2D eigenvalue weighted by Crippen LogP contribution is 2.18. The summed E-state index contributed by atoms with van der Waals surface area (Å²) in [6, 6.07) is 2.26. The Hall–Kier alpha value is -1.25. The van der Waals surface area contributed by atoms with E-state index in [2.05, 4.69) is 5.32 Å². The number of amides is 1. The fraction of sp³-hybridized carbons (Fsp3) is 0.545. The van der Waals surface area contributed by atoms with Crippen LogP contribution >= 0.6 is 0 Å². The quantitative estimate of drug-likeness (QED) is 0.760. The van der Waals surface area contributed by atoms with E-state index in [1.54, 1.807) is 0 Å². The number of aromatic nitrogens is 1. The summed E-state index contributed by atoms with van der Waals surface area (Å²) in [6.07, 6.45) is 8.52. The van der Waals surface area contributed by atoms with E-state index in [0.29, 0.717) is 6.04 Å². The minimum Gasteiger partial charge on any atom is -0.356 e. The second kappa shape index (κ2) is 3.86. The van der Waals surface area contributed by atoms with Gasteiger partial charge in [-0.25, -0.2) is 0 Å². The van der Waals surface area contributed by atoms with Gasteiger partial charge in [0.15, 0.2) is 0 Å². The molecule has 1 aliphatic carbocycles. The predicted octanol–water partition coefficient (Wildman–Crippen LogP) is 1.70. The van der Waals surface area contributed by atoms with E-state index in [-0.39, 0.29) is 5.91 Å². The van der Waals surface area contributed by atoms with E-state index in [4.69, 9.17) is 0 Å². The Labute approximate surface area is 84.1 Å². The van der Waals surface area contributed by atoms with Crippen molar-refractivity contribution in [3.8, 4) is 0 Å². The van der Waals surface area contributed by atoms with Gasteiger partial charge in [0.25, 0.3) is 5.91 Å². The molecule has 1 saturated carbocycles. The second-order valence-corrected chi connectivity index (χ2v) is 4.02. The number of rotatable bonds is 2. The Morgan fingerprint density at radius 1 is 1.50 bits per heavy atom. The molecule has 1 aromatic heterocycles. The van der Waals surface area contributed by atoms with Gasteiger partial charge < -0.3 is 9.88 Å². The fourth-order valence-electron chi connectivity index (χ4n) is 1.98. The lowest BCUT2D eigenvalue weighted by molar-refractivity contribution is 0.0938. The number of hydrogen-bond donors (Lipinski definition) is 1. The summed E-state index contributed by atoms with van der Waals surface area (Å²) in [5.41, 5.74) is 0.763. The highest BCUT2D eigenvalue weighted by atomic mass is 16.1. The summed E-state index contributed by atoms with van der Waals surface area (Å²) in [5.74, 6) is 0.0671. The highest BCUT2D eigenvalue weighted by molar-refractivity contribution is 5.94.